The minimum atomic E-state index is -1.56. The Morgan fingerprint density at radius 2 is 1.70 bits per heavy atom. The van der Waals surface area contributed by atoms with E-state index in [1.54, 1.807) is 6.92 Å². The molecule has 44 heavy (non-hydrogen) atoms. The van der Waals surface area contributed by atoms with Gasteiger partial charge in [-0.2, -0.15) is 0 Å². The molecule has 0 bridgehead atoms. The summed E-state index contributed by atoms with van der Waals surface area (Å²) >= 11 is 0.634. The molecule has 236 valence electrons. The Hall–Kier alpha value is -4.70. The smallest absolute Gasteiger partial charge is 0.338 e. The summed E-state index contributed by atoms with van der Waals surface area (Å²) in [6, 6.07) is 1.38. The molecule has 0 saturated heterocycles. The summed E-state index contributed by atoms with van der Waals surface area (Å²) in [6.45, 7) is 9.07. The zero-order chi connectivity index (χ0) is 33.6. The molecule has 0 fully saturated rings. The van der Waals surface area contributed by atoms with Crippen molar-refractivity contribution >= 4 is 46.2 Å². The monoisotopic (exact) mass is 632 g/mol. The predicted octanol–water partition coefficient (Wildman–Crippen LogP) is 4.59. The van der Waals surface area contributed by atoms with Crippen molar-refractivity contribution in [2.45, 2.75) is 53.1 Å². The Labute approximate surface area is 258 Å². The number of amides is 2. The molecule has 0 aromatic heterocycles. The van der Waals surface area contributed by atoms with Gasteiger partial charge in [0, 0.05) is 32.1 Å². The standard InChI is InChI=1S/C31H34F2N2O8S/c1-7-23(33)10-11-24(18(3)15-32)22-9-13-28(43-21(6)38)25(14-22)31(42)44-16-27(35-20(5)37)29(39)17(2)8-12-26(30(40)41)34-19(4)36/h9-11,13-14,26-27,39H,3,7,15-16H2,1-2,4-6H3,(H,34,36)(H,35,37)(H,40,41)/b23-10+,24-11+,29-17?. The minimum Gasteiger partial charge on any atom is -0.509 e. The van der Waals surface area contributed by atoms with Crippen LogP contribution in [0.2, 0.25) is 0 Å². The normalized spacial score (nSPS) is 13.3. The van der Waals surface area contributed by atoms with Crippen LogP contribution in [-0.4, -0.2) is 63.6 Å². The largest absolute Gasteiger partial charge is 0.509 e. The van der Waals surface area contributed by atoms with Gasteiger partial charge in [-0.05, 0) is 48.3 Å². The Kier molecular flexibility index (Phi) is 15.3. The average molecular weight is 633 g/mol. The first-order valence-electron chi connectivity index (χ1n) is 13.1. The zero-order valence-corrected chi connectivity index (χ0v) is 25.7. The summed E-state index contributed by atoms with van der Waals surface area (Å²) < 4.78 is 32.6. The van der Waals surface area contributed by atoms with E-state index in [4.69, 9.17) is 4.74 Å². The van der Waals surface area contributed by atoms with E-state index in [0.29, 0.717) is 11.8 Å². The number of carbonyl (C=O) groups is 5. The first kappa shape index (κ1) is 37.3. The molecule has 0 aliphatic rings. The van der Waals surface area contributed by atoms with E-state index < -0.39 is 59.2 Å². The Bertz CT molecular complexity index is 1470. The number of ether oxygens (including phenoxy) is 1. The lowest BCUT2D eigenvalue weighted by molar-refractivity contribution is -0.139. The number of carboxylic acid groups (broad SMARTS) is 1. The van der Waals surface area contributed by atoms with Crippen LogP contribution in [0.3, 0.4) is 0 Å². The van der Waals surface area contributed by atoms with Crippen LogP contribution < -0.4 is 15.4 Å². The molecule has 0 radical (unpaired) electrons. The number of alkyl halides is 1. The summed E-state index contributed by atoms with van der Waals surface area (Å²) in [6.07, 6.45) is 2.58. The van der Waals surface area contributed by atoms with Crippen LogP contribution in [0.15, 0.2) is 59.7 Å². The maximum absolute atomic E-state index is 13.8. The number of carbonyl (C=O) groups excluding carboxylic acids is 4. The fourth-order valence-corrected chi connectivity index (χ4v) is 4.30. The van der Waals surface area contributed by atoms with Gasteiger partial charge >= 0.3 is 11.9 Å². The van der Waals surface area contributed by atoms with Crippen molar-refractivity contribution in [3.8, 4) is 17.6 Å². The maximum atomic E-state index is 13.8. The van der Waals surface area contributed by atoms with Gasteiger partial charge < -0.3 is 25.6 Å². The number of benzene rings is 1. The van der Waals surface area contributed by atoms with Gasteiger partial charge in [-0.15, -0.1) is 0 Å². The molecule has 0 aliphatic carbocycles. The second-order valence-electron chi connectivity index (χ2n) is 9.19. The molecule has 0 saturated carbocycles. The Morgan fingerprint density at radius 3 is 2.23 bits per heavy atom. The molecular weight excluding hydrogens is 598 g/mol. The number of carboxylic acids is 1. The van der Waals surface area contributed by atoms with Gasteiger partial charge in [0.15, 0.2) is 6.04 Å². The second-order valence-corrected chi connectivity index (χ2v) is 10.2. The van der Waals surface area contributed by atoms with E-state index in [0.717, 1.165) is 19.9 Å². The second kappa shape index (κ2) is 18.1. The molecule has 0 spiro atoms. The van der Waals surface area contributed by atoms with Gasteiger partial charge in [0.2, 0.25) is 16.9 Å². The van der Waals surface area contributed by atoms with E-state index in [-0.39, 0.29) is 45.8 Å². The molecule has 0 aliphatic heterocycles. The number of aliphatic carboxylic acids is 1. The van der Waals surface area contributed by atoms with E-state index in [1.165, 1.54) is 38.1 Å². The molecule has 2 atom stereocenters. The highest BCUT2D eigenvalue weighted by atomic mass is 32.2. The summed E-state index contributed by atoms with van der Waals surface area (Å²) in [5.41, 5.74) is 0.350. The SMILES string of the molecule is C=C(CF)/C(=C\C=C(\F)CC)c1ccc(OC(C)=O)c(C(=O)SCC(NC(C)=O)C(O)=C(C)C#CC(NC(C)=O)C(=O)O)c1. The van der Waals surface area contributed by atoms with Crippen LogP contribution in [-0.2, 0) is 19.2 Å². The molecule has 0 heterocycles. The number of aliphatic hydroxyl groups excluding tert-OH is 1. The number of aliphatic hydroxyl groups is 1. The summed E-state index contributed by atoms with van der Waals surface area (Å²) in [5, 5.41) is 24.0. The van der Waals surface area contributed by atoms with Crippen molar-refractivity contribution in [1.82, 2.24) is 10.6 Å². The van der Waals surface area contributed by atoms with Crippen LogP contribution >= 0.6 is 11.8 Å². The Morgan fingerprint density at radius 1 is 1.07 bits per heavy atom. The third-order valence-corrected chi connectivity index (χ3v) is 6.53. The Balaban J connectivity index is 3.50. The third-order valence-electron chi connectivity index (χ3n) is 5.55. The lowest BCUT2D eigenvalue weighted by atomic mass is 9.97. The van der Waals surface area contributed by atoms with Gasteiger partial charge in [-0.3, -0.25) is 19.2 Å². The van der Waals surface area contributed by atoms with Crippen LogP contribution in [0.1, 0.15) is 57.0 Å². The lowest BCUT2D eigenvalue weighted by Gasteiger charge is -2.18. The molecule has 1 aromatic rings. The van der Waals surface area contributed by atoms with Crippen molar-refractivity contribution in [2.75, 3.05) is 12.4 Å². The van der Waals surface area contributed by atoms with Crippen molar-refractivity contribution in [3.63, 3.8) is 0 Å². The fourth-order valence-electron chi connectivity index (χ4n) is 3.42. The zero-order valence-electron chi connectivity index (χ0n) is 24.9. The summed E-state index contributed by atoms with van der Waals surface area (Å²) in [5.74, 6) is 0.0947. The number of thioether (sulfide) groups is 1. The molecular formula is C31H34F2N2O8S. The van der Waals surface area contributed by atoms with Crippen molar-refractivity contribution in [1.29, 1.82) is 0 Å². The van der Waals surface area contributed by atoms with E-state index in [2.05, 4.69) is 29.1 Å². The first-order valence-corrected chi connectivity index (χ1v) is 14.1. The van der Waals surface area contributed by atoms with Gasteiger partial charge in [0.25, 0.3) is 0 Å². The maximum Gasteiger partial charge on any atom is 0.338 e. The molecule has 1 rings (SSSR count). The van der Waals surface area contributed by atoms with Crippen LogP contribution in [0, 0.1) is 11.8 Å². The molecule has 13 heteroatoms. The van der Waals surface area contributed by atoms with Crippen LogP contribution in [0.4, 0.5) is 8.78 Å². The molecule has 2 unspecified atom stereocenters. The van der Waals surface area contributed by atoms with E-state index >= 15 is 0 Å². The van der Waals surface area contributed by atoms with Gasteiger partial charge in [0.1, 0.15) is 18.2 Å². The van der Waals surface area contributed by atoms with E-state index in [1.807, 2.05) is 0 Å². The average Bonchev–Trinajstić information content (AvgIpc) is 2.95. The lowest BCUT2D eigenvalue weighted by Crippen LogP contribution is -2.38. The van der Waals surface area contributed by atoms with Gasteiger partial charge in [-0.1, -0.05) is 49.2 Å². The molecule has 1 aromatic carbocycles. The summed E-state index contributed by atoms with van der Waals surface area (Å²) in [4.78, 5) is 59.5. The van der Waals surface area contributed by atoms with Crippen LogP contribution in [0.25, 0.3) is 5.57 Å². The number of halogens is 2. The number of esters is 1. The number of nitrogens with one attached hydrogen (secondary N) is 2. The van der Waals surface area contributed by atoms with Gasteiger partial charge in [-0.25, -0.2) is 13.6 Å². The summed E-state index contributed by atoms with van der Waals surface area (Å²) in [7, 11) is 0. The first-order chi connectivity index (χ1) is 20.6. The van der Waals surface area contributed by atoms with Crippen molar-refractivity contribution in [3.05, 3.63) is 70.8 Å². The number of allylic oxidation sites excluding steroid dienone is 6. The molecule has 10 nitrogen and oxygen atoms in total. The minimum absolute atomic E-state index is 0.0115. The van der Waals surface area contributed by atoms with Gasteiger partial charge in [0.05, 0.1) is 17.4 Å². The predicted molar refractivity (Wildman–Crippen MR) is 163 cm³/mol. The molecule has 2 amide bonds. The third kappa shape index (κ3) is 12.3. The van der Waals surface area contributed by atoms with Crippen molar-refractivity contribution in [2.24, 2.45) is 0 Å². The highest BCUT2D eigenvalue weighted by Gasteiger charge is 2.23. The topological polar surface area (TPSA) is 159 Å². The number of rotatable bonds is 13. The fraction of sp³-hybridized carbons (Fsp3) is 0.323. The quantitative estimate of drug-likeness (QED) is 0.0802. The highest BCUT2D eigenvalue weighted by molar-refractivity contribution is 8.14. The number of hydrogen-bond acceptors (Lipinski definition) is 8. The van der Waals surface area contributed by atoms with E-state index in [9.17, 15) is 43.0 Å². The van der Waals surface area contributed by atoms with Crippen molar-refractivity contribution < 1.29 is 47.7 Å². The highest BCUT2D eigenvalue weighted by Crippen LogP contribution is 2.31. The number of hydrogen-bond donors (Lipinski definition) is 4. The van der Waals surface area contributed by atoms with Crippen LogP contribution in [0.5, 0.6) is 5.75 Å². The molecule has 4 N–H and O–H groups in total.